The monoisotopic (exact) mass is 394 g/mol. The van der Waals surface area contributed by atoms with Crippen LogP contribution in [0.4, 0.5) is 0 Å². The molecule has 9 nitrogen and oxygen atoms in total. The zero-order chi connectivity index (χ0) is 21.3. The third kappa shape index (κ3) is 9.13. The lowest BCUT2D eigenvalue weighted by molar-refractivity contribution is -0.153. The minimum absolute atomic E-state index is 0.0450. The molecule has 1 aromatic carbocycles. The van der Waals surface area contributed by atoms with E-state index >= 15 is 0 Å². The Morgan fingerprint density at radius 1 is 1.07 bits per heavy atom. The first-order chi connectivity index (χ1) is 13.0. The van der Waals surface area contributed by atoms with E-state index in [4.69, 9.17) is 14.9 Å². The largest absolute Gasteiger partial charge is 0.481 e. The van der Waals surface area contributed by atoms with Gasteiger partial charge in [0, 0.05) is 18.5 Å². The Labute approximate surface area is 163 Å². The van der Waals surface area contributed by atoms with Crippen LogP contribution < -0.4 is 10.6 Å². The van der Waals surface area contributed by atoms with Crippen LogP contribution in [0.15, 0.2) is 24.3 Å². The highest BCUT2D eigenvalue weighted by Crippen LogP contribution is 2.08. The van der Waals surface area contributed by atoms with Crippen molar-refractivity contribution < 1.29 is 34.1 Å². The van der Waals surface area contributed by atoms with Crippen LogP contribution in [0.3, 0.4) is 0 Å². The topological polar surface area (TPSA) is 142 Å². The molecule has 28 heavy (non-hydrogen) atoms. The van der Waals surface area contributed by atoms with Gasteiger partial charge in [0.1, 0.15) is 11.6 Å². The lowest BCUT2D eigenvalue weighted by atomic mass is 10.1. The van der Waals surface area contributed by atoms with E-state index < -0.39 is 29.5 Å². The van der Waals surface area contributed by atoms with Gasteiger partial charge in [0.05, 0.1) is 6.54 Å². The van der Waals surface area contributed by atoms with Crippen LogP contribution in [0.1, 0.15) is 49.5 Å². The number of carboxylic acid groups (broad SMARTS) is 2. The molecule has 4 N–H and O–H groups in total. The first-order valence-electron chi connectivity index (χ1n) is 8.75. The summed E-state index contributed by atoms with van der Waals surface area (Å²) in [6.07, 6.45) is -0.567. The summed E-state index contributed by atoms with van der Waals surface area (Å²) in [5.41, 5.74) is 0.518. The fourth-order valence-corrected chi connectivity index (χ4v) is 2.23. The van der Waals surface area contributed by atoms with Crippen LogP contribution in [-0.4, -0.2) is 52.2 Å². The molecule has 0 fully saturated rings. The first kappa shape index (κ1) is 23.1. The highest BCUT2D eigenvalue weighted by atomic mass is 16.6. The molecule has 0 radical (unpaired) electrons. The minimum Gasteiger partial charge on any atom is -0.481 e. The smallest absolute Gasteiger partial charge is 0.326 e. The standard InChI is InChI=1S/C19H26N2O7/c1-19(2,3)28-16(24)11-20-10-12-4-6-13(7-5-12)17(25)21-14(18(26)27)8-9-15(22)23/h4-7,14,20H,8-11H2,1-3H3,(H,21,25)(H,22,23)(H,26,27)/t14-/m0/s1. The summed E-state index contributed by atoms with van der Waals surface area (Å²) in [4.78, 5) is 45.5. The van der Waals surface area contributed by atoms with E-state index in [1.165, 1.54) is 12.1 Å². The van der Waals surface area contributed by atoms with Crippen molar-refractivity contribution in [2.24, 2.45) is 0 Å². The highest BCUT2D eigenvalue weighted by molar-refractivity contribution is 5.96. The van der Waals surface area contributed by atoms with E-state index in [1.807, 2.05) is 0 Å². The molecule has 0 unspecified atom stereocenters. The molecule has 0 bridgehead atoms. The Bertz CT molecular complexity index is 708. The van der Waals surface area contributed by atoms with Crippen molar-refractivity contribution in [2.45, 2.75) is 51.8 Å². The summed E-state index contributed by atoms with van der Waals surface area (Å²) in [7, 11) is 0. The van der Waals surface area contributed by atoms with Gasteiger partial charge in [-0.05, 0) is 44.9 Å². The number of carbonyl (C=O) groups excluding carboxylic acids is 2. The van der Waals surface area contributed by atoms with Gasteiger partial charge in [0.2, 0.25) is 0 Å². The number of hydrogen-bond acceptors (Lipinski definition) is 6. The molecular weight excluding hydrogens is 368 g/mol. The molecule has 0 aromatic heterocycles. The van der Waals surface area contributed by atoms with E-state index in [0.717, 1.165) is 5.56 Å². The van der Waals surface area contributed by atoms with Crippen molar-refractivity contribution >= 4 is 23.8 Å². The van der Waals surface area contributed by atoms with Crippen LogP contribution in [0.5, 0.6) is 0 Å². The second-order valence-electron chi connectivity index (χ2n) is 7.18. The summed E-state index contributed by atoms with van der Waals surface area (Å²) < 4.78 is 5.18. The van der Waals surface area contributed by atoms with Crippen LogP contribution in [0.2, 0.25) is 0 Å². The molecule has 0 spiro atoms. The van der Waals surface area contributed by atoms with Gasteiger partial charge in [-0.3, -0.25) is 14.4 Å². The molecule has 9 heteroatoms. The molecule has 1 rings (SSSR count). The van der Waals surface area contributed by atoms with Crippen LogP contribution >= 0.6 is 0 Å². The van der Waals surface area contributed by atoms with Crippen molar-refractivity contribution in [3.63, 3.8) is 0 Å². The number of rotatable bonds is 10. The third-order valence-corrected chi connectivity index (χ3v) is 3.48. The van der Waals surface area contributed by atoms with Crippen molar-refractivity contribution in [3.05, 3.63) is 35.4 Å². The lowest BCUT2D eigenvalue weighted by Gasteiger charge is -2.19. The summed E-state index contributed by atoms with van der Waals surface area (Å²) in [6, 6.07) is 5.11. The second kappa shape index (κ2) is 10.4. The van der Waals surface area contributed by atoms with Crippen molar-refractivity contribution in [1.82, 2.24) is 10.6 Å². The highest BCUT2D eigenvalue weighted by Gasteiger charge is 2.21. The van der Waals surface area contributed by atoms with Crippen molar-refractivity contribution in [1.29, 1.82) is 0 Å². The summed E-state index contributed by atoms with van der Waals surface area (Å²) in [6.45, 7) is 5.78. The molecule has 0 aliphatic heterocycles. The number of hydrogen-bond donors (Lipinski definition) is 4. The second-order valence-corrected chi connectivity index (χ2v) is 7.18. The number of carboxylic acids is 2. The SMILES string of the molecule is CC(C)(C)OC(=O)CNCc1ccc(C(=O)N[C@@H](CCC(=O)O)C(=O)O)cc1. The summed E-state index contributed by atoms with van der Waals surface area (Å²) in [5.74, 6) is -3.41. The third-order valence-electron chi connectivity index (χ3n) is 3.48. The van der Waals surface area contributed by atoms with Gasteiger partial charge in [0.15, 0.2) is 0 Å². The Kier molecular flexibility index (Phi) is 8.59. The molecule has 1 amide bonds. The number of benzene rings is 1. The Morgan fingerprint density at radius 3 is 2.18 bits per heavy atom. The van der Waals surface area contributed by atoms with Crippen LogP contribution in [0, 0.1) is 0 Å². The maximum Gasteiger partial charge on any atom is 0.326 e. The number of esters is 1. The Balaban J connectivity index is 2.54. The molecule has 154 valence electrons. The van der Waals surface area contributed by atoms with E-state index in [9.17, 15) is 19.2 Å². The number of amides is 1. The number of nitrogens with one attached hydrogen (secondary N) is 2. The molecule has 0 heterocycles. The average molecular weight is 394 g/mol. The Morgan fingerprint density at radius 2 is 1.68 bits per heavy atom. The maximum atomic E-state index is 12.2. The molecule has 0 saturated heterocycles. The van der Waals surface area contributed by atoms with Crippen LogP contribution in [-0.2, 0) is 25.7 Å². The molecular formula is C19H26N2O7. The number of ether oxygens (including phenoxy) is 1. The predicted octanol–water partition coefficient (Wildman–Crippen LogP) is 1.17. The van der Waals surface area contributed by atoms with E-state index in [0.29, 0.717) is 6.54 Å². The van der Waals surface area contributed by atoms with E-state index in [-0.39, 0.29) is 30.9 Å². The first-order valence-corrected chi connectivity index (χ1v) is 8.75. The average Bonchev–Trinajstić information content (AvgIpc) is 2.57. The zero-order valence-electron chi connectivity index (χ0n) is 16.2. The van der Waals surface area contributed by atoms with Gasteiger partial charge in [-0.15, -0.1) is 0 Å². The molecule has 1 aromatic rings. The molecule has 0 aliphatic rings. The summed E-state index contributed by atoms with van der Waals surface area (Å²) in [5, 5.41) is 23.0. The Hall–Kier alpha value is -2.94. The fourth-order valence-electron chi connectivity index (χ4n) is 2.23. The molecule has 0 aliphatic carbocycles. The van der Waals surface area contributed by atoms with Gasteiger partial charge in [-0.25, -0.2) is 4.79 Å². The van der Waals surface area contributed by atoms with Crippen molar-refractivity contribution in [3.8, 4) is 0 Å². The molecule has 0 saturated carbocycles. The van der Waals surface area contributed by atoms with Gasteiger partial charge in [0.25, 0.3) is 5.91 Å². The van der Waals surface area contributed by atoms with Gasteiger partial charge in [-0.1, -0.05) is 12.1 Å². The molecule has 1 atom stereocenters. The fraction of sp³-hybridized carbons (Fsp3) is 0.474. The van der Waals surface area contributed by atoms with Crippen molar-refractivity contribution in [2.75, 3.05) is 6.54 Å². The lowest BCUT2D eigenvalue weighted by Crippen LogP contribution is -2.41. The number of carbonyl (C=O) groups is 4. The maximum absolute atomic E-state index is 12.2. The number of aliphatic carboxylic acids is 2. The summed E-state index contributed by atoms with van der Waals surface area (Å²) >= 11 is 0. The van der Waals surface area contributed by atoms with Gasteiger partial charge in [-0.2, -0.15) is 0 Å². The normalized spacial score (nSPS) is 12.1. The van der Waals surface area contributed by atoms with Crippen LogP contribution in [0.25, 0.3) is 0 Å². The zero-order valence-corrected chi connectivity index (χ0v) is 16.2. The van der Waals surface area contributed by atoms with Gasteiger partial charge >= 0.3 is 17.9 Å². The van der Waals surface area contributed by atoms with E-state index in [2.05, 4.69) is 10.6 Å². The van der Waals surface area contributed by atoms with Gasteiger partial charge < -0.3 is 25.6 Å². The van der Waals surface area contributed by atoms with E-state index in [1.54, 1.807) is 32.9 Å². The predicted molar refractivity (Wildman–Crippen MR) is 99.8 cm³/mol. The quantitative estimate of drug-likeness (QED) is 0.433. The minimum atomic E-state index is -1.29.